The summed E-state index contributed by atoms with van der Waals surface area (Å²) in [5, 5.41) is 6.39. The number of hydrogen-bond donors (Lipinski definition) is 1. The van der Waals surface area contributed by atoms with E-state index in [1.54, 1.807) is 12.1 Å². The molecule has 2 aromatic carbocycles. The zero-order valence-electron chi connectivity index (χ0n) is 11.8. The second-order valence-electron chi connectivity index (χ2n) is 4.88. The number of benzene rings is 2. The SMILES string of the molecule is Cc1ccc(-c2cc(NC(=O)c3ccccc3F)on2)cc1. The largest absolute Gasteiger partial charge is 0.338 e. The van der Waals surface area contributed by atoms with E-state index in [0.717, 1.165) is 11.1 Å². The van der Waals surface area contributed by atoms with Crippen molar-refractivity contribution in [3.05, 3.63) is 71.5 Å². The van der Waals surface area contributed by atoms with Gasteiger partial charge in [-0.15, -0.1) is 0 Å². The molecule has 0 saturated carbocycles. The van der Waals surface area contributed by atoms with Gasteiger partial charge in [-0.2, -0.15) is 0 Å². The summed E-state index contributed by atoms with van der Waals surface area (Å²) in [4.78, 5) is 12.0. The third kappa shape index (κ3) is 2.88. The van der Waals surface area contributed by atoms with Gasteiger partial charge in [-0.1, -0.05) is 47.1 Å². The van der Waals surface area contributed by atoms with Crippen LogP contribution < -0.4 is 5.32 Å². The maximum absolute atomic E-state index is 13.5. The lowest BCUT2D eigenvalue weighted by Gasteiger charge is -2.01. The average Bonchev–Trinajstić information content (AvgIpc) is 2.97. The van der Waals surface area contributed by atoms with Crippen molar-refractivity contribution in [2.75, 3.05) is 5.32 Å². The van der Waals surface area contributed by atoms with E-state index in [9.17, 15) is 9.18 Å². The van der Waals surface area contributed by atoms with Crippen LogP contribution in [0.25, 0.3) is 11.3 Å². The van der Waals surface area contributed by atoms with Crippen molar-refractivity contribution in [2.45, 2.75) is 6.92 Å². The van der Waals surface area contributed by atoms with Gasteiger partial charge in [-0.05, 0) is 19.1 Å². The number of carbonyl (C=O) groups excluding carboxylic acids is 1. The smallest absolute Gasteiger partial charge is 0.261 e. The Morgan fingerprint density at radius 2 is 1.86 bits per heavy atom. The van der Waals surface area contributed by atoms with Gasteiger partial charge in [0.15, 0.2) is 0 Å². The molecule has 0 aliphatic carbocycles. The summed E-state index contributed by atoms with van der Waals surface area (Å²) >= 11 is 0. The quantitative estimate of drug-likeness (QED) is 0.793. The van der Waals surface area contributed by atoms with Gasteiger partial charge in [0.25, 0.3) is 5.91 Å². The number of carbonyl (C=O) groups is 1. The lowest BCUT2D eigenvalue weighted by atomic mass is 10.1. The fourth-order valence-corrected chi connectivity index (χ4v) is 2.02. The topological polar surface area (TPSA) is 55.1 Å². The predicted octanol–water partition coefficient (Wildman–Crippen LogP) is 4.04. The van der Waals surface area contributed by atoms with Crippen LogP contribution in [-0.4, -0.2) is 11.1 Å². The zero-order valence-corrected chi connectivity index (χ0v) is 11.8. The number of amides is 1. The van der Waals surface area contributed by atoms with Gasteiger partial charge in [-0.3, -0.25) is 10.1 Å². The first kappa shape index (κ1) is 14.0. The Morgan fingerprint density at radius 1 is 1.14 bits per heavy atom. The summed E-state index contributed by atoms with van der Waals surface area (Å²) in [5.41, 5.74) is 2.57. The molecule has 0 unspecified atom stereocenters. The summed E-state index contributed by atoms with van der Waals surface area (Å²) in [6, 6.07) is 15.1. The molecule has 22 heavy (non-hydrogen) atoms. The van der Waals surface area contributed by atoms with Crippen LogP contribution in [0.2, 0.25) is 0 Å². The van der Waals surface area contributed by atoms with E-state index in [0.29, 0.717) is 5.69 Å². The molecule has 0 bridgehead atoms. The molecular weight excluding hydrogens is 283 g/mol. The first-order valence-electron chi connectivity index (χ1n) is 6.73. The third-order valence-corrected chi connectivity index (χ3v) is 3.21. The fourth-order valence-electron chi connectivity index (χ4n) is 2.02. The highest BCUT2D eigenvalue weighted by molar-refractivity contribution is 6.03. The lowest BCUT2D eigenvalue weighted by molar-refractivity contribution is 0.102. The standard InChI is InChI=1S/C17H13FN2O2/c1-11-6-8-12(9-7-11)15-10-16(22-20-15)19-17(21)13-4-2-3-5-14(13)18/h2-10H,1H3,(H,19,21). The molecule has 1 amide bonds. The van der Waals surface area contributed by atoms with Crippen LogP contribution in [0, 0.1) is 12.7 Å². The van der Waals surface area contributed by atoms with E-state index in [-0.39, 0.29) is 11.4 Å². The lowest BCUT2D eigenvalue weighted by Crippen LogP contribution is -2.13. The monoisotopic (exact) mass is 296 g/mol. The van der Waals surface area contributed by atoms with Gasteiger partial charge < -0.3 is 4.52 Å². The number of nitrogens with one attached hydrogen (secondary N) is 1. The Bertz CT molecular complexity index is 810. The van der Waals surface area contributed by atoms with Crippen LogP contribution >= 0.6 is 0 Å². The summed E-state index contributed by atoms with van der Waals surface area (Å²) < 4.78 is 18.6. The molecule has 0 aliphatic rings. The maximum atomic E-state index is 13.5. The van der Waals surface area contributed by atoms with Crippen molar-refractivity contribution < 1.29 is 13.7 Å². The van der Waals surface area contributed by atoms with E-state index >= 15 is 0 Å². The minimum absolute atomic E-state index is 0.0456. The number of hydrogen-bond acceptors (Lipinski definition) is 3. The van der Waals surface area contributed by atoms with Crippen molar-refractivity contribution in [2.24, 2.45) is 0 Å². The first-order chi connectivity index (χ1) is 10.6. The van der Waals surface area contributed by atoms with E-state index in [1.807, 2.05) is 31.2 Å². The van der Waals surface area contributed by atoms with E-state index in [2.05, 4.69) is 10.5 Å². The highest BCUT2D eigenvalue weighted by Crippen LogP contribution is 2.22. The number of rotatable bonds is 3. The van der Waals surface area contributed by atoms with Gasteiger partial charge >= 0.3 is 0 Å². The van der Waals surface area contributed by atoms with Crippen molar-refractivity contribution >= 4 is 11.8 Å². The zero-order chi connectivity index (χ0) is 15.5. The van der Waals surface area contributed by atoms with Gasteiger partial charge in [0.1, 0.15) is 11.5 Å². The Kier molecular flexibility index (Phi) is 3.70. The molecule has 0 spiro atoms. The minimum Gasteiger partial charge on any atom is -0.338 e. The summed E-state index contributed by atoms with van der Waals surface area (Å²) in [6.45, 7) is 1.99. The number of nitrogens with zero attached hydrogens (tertiary/aromatic N) is 1. The average molecular weight is 296 g/mol. The highest BCUT2D eigenvalue weighted by atomic mass is 19.1. The van der Waals surface area contributed by atoms with Crippen LogP contribution in [0.15, 0.2) is 59.1 Å². The normalized spacial score (nSPS) is 10.5. The molecule has 3 rings (SSSR count). The molecular formula is C17H13FN2O2. The molecule has 0 atom stereocenters. The Morgan fingerprint density at radius 3 is 2.59 bits per heavy atom. The number of aromatic nitrogens is 1. The highest BCUT2D eigenvalue weighted by Gasteiger charge is 2.14. The second kappa shape index (κ2) is 5.81. The predicted molar refractivity (Wildman–Crippen MR) is 81.0 cm³/mol. The molecule has 4 nitrogen and oxygen atoms in total. The number of anilines is 1. The van der Waals surface area contributed by atoms with E-state index in [1.165, 1.54) is 18.2 Å². The number of halogens is 1. The molecule has 3 aromatic rings. The van der Waals surface area contributed by atoms with E-state index < -0.39 is 11.7 Å². The molecule has 5 heteroatoms. The number of aryl methyl sites for hydroxylation is 1. The summed E-state index contributed by atoms with van der Waals surface area (Å²) in [5.74, 6) is -0.994. The van der Waals surface area contributed by atoms with Crippen LogP contribution in [0.3, 0.4) is 0 Å². The van der Waals surface area contributed by atoms with Crippen LogP contribution in [-0.2, 0) is 0 Å². The molecule has 1 aromatic heterocycles. The fraction of sp³-hybridized carbons (Fsp3) is 0.0588. The first-order valence-corrected chi connectivity index (χ1v) is 6.73. The second-order valence-corrected chi connectivity index (χ2v) is 4.88. The molecule has 1 N–H and O–H groups in total. The van der Waals surface area contributed by atoms with Crippen molar-refractivity contribution in [1.29, 1.82) is 0 Å². The Labute approximate surface area is 126 Å². The van der Waals surface area contributed by atoms with Gasteiger partial charge in [0, 0.05) is 11.6 Å². The van der Waals surface area contributed by atoms with Crippen molar-refractivity contribution in [1.82, 2.24) is 5.16 Å². The minimum atomic E-state index is -0.585. The Hall–Kier alpha value is -2.95. The van der Waals surface area contributed by atoms with Gasteiger partial charge in [-0.25, -0.2) is 4.39 Å². The van der Waals surface area contributed by atoms with Crippen LogP contribution in [0.5, 0.6) is 0 Å². The molecule has 0 radical (unpaired) electrons. The molecule has 0 fully saturated rings. The van der Waals surface area contributed by atoms with Gasteiger partial charge in [0.05, 0.1) is 5.56 Å². The summed E-state index contributed by atoms with van der Waals surface area (Å²) in [7, 11) is 0. The van der Waals surface area contributed by atoms with Crippen molar-refractivity contribution in [3.63, 3.8) is 0 Å². The molecule has 0 saturated heterocycles. The maximum Gasteiger partial charge on any atom is 0.261 e. The van der Waals surface area contributed by atoms with E-state index in [4.69, 9.17) is 4.52 Å². The summed E-state index contributed by atoms with van der Waals surface area (Å²) in [6.07, 6.45) is 0. The van der Waals surface area contributed by atoms with Crippen LogP contribution in [0.4, 0.5) is 10.3 Å². The molecule has 110 valence electrons. The Balaban J connectivity index is 1.78. The third-order valence-electron chi connectivity index (χ3n) is 3.21. The van der Waals surface area contributed by atoms with Crippen molar-refractivity contribution in [3.8, 4) is 11.3 Å². The van der Waals surface area contributed by atoms with Crippen LogP contribution in [0.1, 0.15) is 15.9 Å². The molecule has 1 heterocycles. The molecule has 0 aliphatic heterocycles. The van der Waals surface area contributed by atoms with Gasteiger partial charge in [0.2, 0.25) is 5.88 Å².